The summed E-state index contributed by atoms with van der Waals surface area (Å²) in [6, 6.07) is 0. The van der Waals surface area contributed by atoms with Crippen LogP contribution in [0.15, 0.2) is 17.3 Å². The first-order valence-electron chi connectivity index (χ1n) is 2.87. The maximum atomic E-state index is 5.47. The molecule has 0 fully saturated rings. The molecular formula is C6H10N2S. The molecule has 1 unspecified atom stereocenters. The molecule has 0 aromatic rings. The van der Waals surface area contributed by atoms with E-state index in [2.05, 4.69) is 18.5 Å². The van der Waals surface area contributed by atoms with E-state index in [9.17, 15) is 0 Å². The highest BCUT2D eigenvalue weighted by Gasteiger charge is 2.12. The second-order valence-electron chi connectivity index (χ2n) is 2.15. The zero-order valence-electron chi connectivity index (χ0n) is 5.42. The molecule has 0 aromatic carbocycles. The number of nitrogens with zero attached hydrogens (tertiary/aromatic N) is 1. The quantitative estimate of drug-likeness (QED) is 0.554. The summed E-state index contributed by atoms with van der Waals surface area (Å²) in [4.78, 5) is 4.00. The lowest BCUT2D eigenvalue weighted by Crippen LogP contribution is -2.16. The standard InChI is InChI=1S/C6H10N2S/c1-4-3-5(2)9-6(7)8-4/h5H,1,3H2,2H3,(H2,7,8). The van der Waals surface area contributed by atoms with Gasteiger partial charge in [-0.2, -0.15) is 0 Å². The van der Waals surface area contributed by atoms with Gasteiger partial charge in [0.05, 0.1) is 0 Å². The minimum Gasteiger partial charge on any atom is -0.378 e. The van der Waals surface area contributed by atoms with Crippen molar-refractivity contribution in [1.82, 2.24) is 0 Å². The zero-order chi connectivity index (χ0) is 6.85. The van der Waals surface area contributed by atoms with Crippen molar-refractivity contribution in [3.05, 3.63) is 12.3 Å². The van der Waals surface area contributed by atoms with Gasteiger partial charge in [0.15, 0.2) is 5.17 Å². The molecule has 0 aliphatic carbocycles. The lowest BCUT2D eigenvalue weighted by molar-refractivity contribution is 0.912. The van der Waals surface area contributed by atoms with Gasteiger partial charge in [-0.1, -0.05) is 25.3 Å². The Labute approximate surface area is 59.2 Å². The van der Waals surface area contributed by atoms with Crippen LogP contribution in [0.1, 0.15) is 13.3 Å². The molecule has 3 heteroatoms. The van der Waals surface area contributed by atoms with Crippen molar-refractivity contribution < 1.29 is 0 Å². The van der Waals surface area contributed by atoms with Crippen LogP contribution in [0.5, 0.6) is 0 Å². The minimum absolute atomic E-state index is 0.551. The fourth-order valence-corrected chi connectivity index (χ4v) is 1.68. The molecule has 0 amide bonds. The Hall–Kier alpha value is -0.440. The molecule has 2 nitrogen and oxygen atoms in total. The van der Waals surface area contributed by atoms with E-state index < -0.39 is 0 Å². The Bertz CT molecular complexity index is 162. The first kappa shape index (κ1) is 6.68. The second-order valence-corrected chi connectivity index (χ2v) is 3.61. The maximum absolute atomic E-state index is 5.47. The van der Waals surface area contributed by atoms with Crippen LogP contribution in [-0.2, 0) is 0 Å². The predicted octanol–water partition coefficient (Wildman–Crippen LogP) is 1.34. The van der Waals surface area contributed by atoms with Gasteiger partial charge in [-0.3, -0.25) is 0 Å². The van der Waals surface area contributed by atoms with Gasteiger partial charge in [-0.15, -0.1) is 0 Å². The molecule has 0 saturated carbocycles. The SMILES string of the molecule is C=C1CC(C)SC(N)=N1. The van der Waals surface area contributed by atoms with Crippen molar-refractivity contribution in [3.8, 4) is 0 Å². The summed E-state index contributed by atoms with van der Waals surface area (Å²) < 4.78 is 0. The van der Waals surface area contributed by atoms with E-state index in [4.69, 9.17) is 5.73 Å². The number of amidine groups is 1. The molecule has 1 heterocycles. The average molecular weight is 142 g/mol. The van der Waals surface area contributed by atoms with Crippen molar-refractivity contribution in [2.75, 3.05) is 0 Å². The number of aliphatic imine (C=N–C) groups is 1. The number of rotatable bonds is 0. The lowest BCUT2D eigenvalue weighted by atomic mass is 10.3. The van der Waals surface area contributed by atoms with Gasteiger partial charge in [0.25, 0.3) is 0 Å². The summed E-state index contributed by atoms with van der Waals surface area (Å²) in [6.45, 7) is 5.86. The maximum Gasteiger partial charge on any atom is 0.159 e. The van der Waals surface area contributed by atoms with Gasteiger partial charge in [-0.05, 0) is 0 Å². The molecule has 1 aliphatic heterocycles. The lowest BCUT2D eigenvalue weighted by Gasteiger charge is -2.15. The topological polar surface area (TPSA) is 38.4 Å². The average Bonchev–Trinajstić information content (AvgIpc) is 1.59. The van der Waals surface area contributed by atoms with Gasteiger partial charge in [0.1, 0.15) is 0 Å². The largest absolute Gasteiger partial charge is 0.378 e. The number of thioether (sulfide) groups is 1. The predicted molar refractivity (Wildman–Crippen MR) is 42.4 cm³/mol. The molecule has 0 saturated heterocycles. The van der Waals surface area contributed by atoms with Gasteiger partial charge < -0.3 is 5.73 Å². The summed E-state index contributed by atoms with van der Waals surface area (Å²) in [5, 5.41) is 1.20. The molecule has 50 valence electrons. The van der Waals surface area contributed by atoms with E-state index in [1.165, 1.54) is 0 Å². The highest BCUT2D eigenvalue weighted by Crippen LogP contribution is 2.23. The van der Waals surface area contributed by atoms with E-state index in [1.54, 1.807) is 11.8 Å². The Kier molecular flexibility index (Phi) is 1.81. The normalized spacial score (nSPS) is 27.9. The third kappa shape index (κ3) is 1.75. The van der Waals surface area contributed by atoms with Crippen molar-refractivity contribution >= 4 is 16.9 Å². The molecule has 0 aromatic heterocycles. The zero-order valence-corrected chi connectivity index (χ0v) is 6.24. The number of nitrogens with two attached hydrogens (primary N) is 1. The van der Waals surface area contributed by atoms with Crippen LogP contribution in [-0.4, -0.2) is 10.4 Å². The van der Waals surface area contributed by atoms with Gasteiger partial charge in [0.2, 0.25) is 0 Å². The highest BCUT2D eigenvalue weighted by atomic mass is 32.2. The van der Waals surface area contributed by atoms with E-state index in [0.29, 0.717) is 10.4 Å². The Balaban J connectivity index is 2.67. The summed E-state index contributed by atoms with van der Waals surface area (Å²) in [5.74, 6) is 0. The van der Waals surface area contributed by atoms with Crippen molar-refractivity contribution in [1.29, 1.82) is 0 Å². The van der Waals surface area contributed by atoms with Crippen LogP contribution in [0.3, 0.4) is 0 Å². The Morgan fingerprint density at radius 1 is 1.89 bits per heavy atom. The van der Waals surface area contributed by atoms with Gasteiger partial charge in [-0.25, -0.2) is 4.99 Å². The monoisotopic (exact) mass is 142 g/mol. The summed E-state index contributed by atoms with van der Waals surface area (Å²) in [5.41, 5.74) is 6.37. The smallest absolute Gasteiger partial charge is 0.159 e. The molecular weight excluding hydrogens is 132 g/mol. The van der Waals surface area contributed by atoms with Crippen molar-refractivity contribution in [2.24, 2.45) is 10.7 Å². The number of allylic oxidation sites excluding steroid dienone is 1. The van der Waals surface area contributed by atoms with Crippen LogP contribution in [0, 0.1) is 0 Å². The van der Waals surface area contributed by atoms with Crippen LogP contribution in [0.25, 0.3) is 0 Å². The van der Waals surface area contributed by atoms with Crippen molar-refractivity contribution in [3.63, 3.8) is 0 Å². The highest BCUT2D eigenvalue weighted by molar-refractivity contribution is 8.14. The van der Waals surface area contributed by atoms with E-state index in [1.807, 2.05) is 0 Å². The molecule has 1 aliphatic rings. The van der Waals surface area contributed by atoms with E-state index in [0.717, 1.165) is 12.1 Å². The first-order chi connectivity index (χ1) is 4.18. The van der Waals surface area contributed by atoms with Crippen LogP contribution in [0.2, 0.25) is 0 Å². The summed E-state index contributed by atoms with van der Waals surface area (Å²) in [6.07, 6.45) is 0.964. The number of hydrogen-bond acceptors (Lipinski definition) is 3. The molecule has 1 atom stereocenters. The fourth-order valence-electron chi connectivity index (χ4n) is 0.807. The molecule has 0 radical (unpaired) electrons. The van der Waals surface area contributed by atoms with Gasteiger partial charge in [0, 0.05) is 17.4 Å². The Morgan fingerprint density at radius 2 is 2.56 bits per heavy atom. The van der Waals surface area contributed by atoms with Crippen LogP contribution in [0.4, 0.5) is 0 Å². The third-order valence-electron chi connectivity index (χ3n) is 1.11. The van der Waals surface area contributed by atoms with Crippen LogP contribution < -0.4 is 5.73 Å². The van der Waals surface area contributed by atoms with Gasteiger partial charge >= 0.3 is 0 Å². The van der Waals surface area contributed by atoms with E-state index >= 15 is 0 Å². The summed E-state index contributed by atoms with van der Waals surface area (Å²) >= 11 is 1.61. The Morgan fingerprint density at radius 3 is 3.00 bits per heavy atom. The molecule has 2 N–H and O–H groups in total. The van der Waals surface area contributed by atoms with Crippen LogP contribution >= 0.6 is 11.8 Å². The fraction of sp³-hybridized carbons (Fsp3) is 0.500. The van der Waals surface area contributed by atoms with Crippen molar-refractivity contribution in [2.45, 2.75) is 18.6 Å². The number of hydrogen-bond donors (Lipinski definition) is 1. The second kappa shape index (κ2) is 2.43. The summed E-state index contributed by atoms with van der Waals surface area (Å²) in [7, 11) is 0. The minimum atomic E-state index is 0.551. The third-order valence-corrected chi connectivity index (χ3v) is 2.02. The molecule has 0 bridgehead atoms. The molecule has 0 spiro atoms. The van der Waals surface area contributed by atoms with E-state index in [-0.39, 0.29) is 0 Å². The molecule has 9 heavy (non-hydrogen) atoms. The molecule has 1 rings (SSSR count). The first-order valence-corrected chi connectivity index (χ1v) is 3.75.